The molecule has 0 heterocycles. The van der Waals surface area contributed by atoms with Crippen LogP contribution in [-0.2, 0) is 0 Å². The van der Waals surface area contributed by atoms with Crippen molar-refractivity contribution in [3.05, 3.63) is 11.1 Å². The fourth-order valence-corrected chi connectivity index (χ4v) is 1.24. The molecule has 0 N–H and O–H groups in total. The first-order chi connectivity index (χ1) is 3.97. The minimum atomic E-state index is 1.08. The summed E-state index contributed by atoms with van der Waals surface area (Å²) < 4.78 is 0. The Balaban J connectivity index is 2.29. The van der Waals surface area contributed by atoms with Crippen LogP contribution in [0, 0.1) is 11.8 Å². The summed E-state index contributed by atoms with van der Waals surface area (Å²) in [6.45, 7) is 0. The molecule has 0 radical (unpaired) electrons. The SMILES string of the molecule is C1#CCC2=C(C1)CC2. The van der Waals surface area contributed by atoms with Crippen LogP contribution in [0.25, 0.3) is 0 Å². The lowest BCUT2D eigenvalue weighted by Crippen LogP contribution is -2.05. The van der Waals surface area contributed by atoms with Crippen molar-refractivity contribution in [2.45, 2.75) is 25.7 Å². The van der Waals surface area contributed by atoms with Gasteiger partial charge in [-0.1, -0.05) is 23.0 Å². The van der Waals surface area contributed by atoms with Gasteiger partial charge in [0.25, 0.3) is 0 Å². The molecule has 2 aliphatic carbocycles. The summed E-state index contributed by atoms with van der Waals surface area (Å²) >= 11 is 0. The molecular weight excluding hydrogens is 96.1 g/mol. The Morgan fingerprint density at radius 1 is 0.875 bits per heavy atom. The minimum absolute atomic E-state index is 1.08. The third kappa shape index (κ3) is 0.419. The average molecular weight is 104 g/mol. The van der Waals surface area contributed by atoms with Crippen molar-refractivity contribution in [2.24, 2.45) is 0 Å². The van der Waals surface area contributed by atoms with Gasteiger partial charge in [-0.3, -0.25) is 0 Å². The van der Waals surface area contributed by atoms with Crippen LogP contribution in [0.5, 0.6) is 0 Å². The Hall–Kier alpha value is -0.700. The predicted octanol–water partition coefficient (Wildman–Crippen LogP) is 1.87. The largest absolute Gasteiger partial charge is 0.0985 e. The Kier molecular flexibility index (Phi) is 0.729. The van der Waals surface area contributed by atoms with Gasteiger partial charge in [-0.05, 0) is 12.8 Å². The van der Waals surface area contributed by atoms with Gasteiger partial charge in [0, 0.05) is 12.8 Å². The summed E-state index contributed by atoms with van der Waals surface area (Å²) in [5, 5.41) is 0. The molecule has 0 aromatic heterocycles. The van der Waals surface area contributed by atoms with Gasteiger partial charge >= 0.3 is 0 Å². The van der Waals surface area contributed by atoms with Crippen molar-refractivity contribution in [3.63, 3.8) is 0 Å². The van der Waals surface area contributed by atoms with Crippen molar-refractivity contribution in [3.8, 4) is 11.8 Å². The molecule has 0 heteroatoms. The highest BCUT2D eigenvalue weighted by molar-refractivity contribution is 5.35. The molecule has 0 saturated heterocycles. The number of rotatable bonds is 0. The zero-order chi connectivity index (χ0) is 5.40. The van der Waals surface area contributed by atoms with Gasteiger partial charge in [0.1, 0.15) is 0 Å². The summed E-state index contributed by atoms with van der Waals surface area (Å²) in [7, 11) is 0. The fraction of sp³-hybridized carbons (Fsp3) is 0.500. The first-order valence-corrected chi connectivity index (χ1v) is 3.12. The number of allylic oxidation sites excluding steroid dienone is 2. The van der Waals surface area contributed by atoms with Gasteiger partial charge in [0.15, 0.2) is 0 Å². The van der Waals surface area contributed by atoms with Gasteiger partial charge in [-0.2, -0.15) is 0 Å². The molecule has 0 unspecified atom stereocenters. The number of hydrogen-bond donors (Lipinski definition) is 0. The monoisotopic (exact) mass is 104 g/mol. The molecule has 0 nitrogen and oxygen atoms in total. The maximum atomic E-state index is 3.11. The van der Waals surface area contributed by atoms with Gasteiger partial charge in [0.2, 0.25) is 0 Å². The van der Waals surface area contributed by atoms with E-state index in [4.69, 9.17) is 0 Å². The van der Waals surface area contributed by atoms with Crippen LogP contribution < -0.4 is 0 Å². The molecule has 0 aromatic rings. The molecule has 0 aliphatic heterocycles. The Labute approximate surface area is 49.6 Å². The van der Waals surface area contributed by atoms with Crippen LogP contribution in [0.3, 0.4) is 0 Å². The zero-order valence-electron chi connectivity index (χ0n) is 4.83. The molecule has 2 rings (SSSR count). The maximum absolute atomic E-state index is 3.11. The highest BCUT2D eigenvalue weighted by atomic mass is 14.2. The van der Waals surface area contributed by atoms with Crippen LogP contribution in [0.1, 0.15) is 25.7 Å². The fourth-order valence-electron chi connectivity index (χ4n) is 1.24. The van der Waals surface area contributed by atoms with Crippen LogP contribution >= 0.6 is 0 Å². The van der Waals surface area contributed by atoms with Crippen LogP contribution in [0.4, 0.5) is 0 Å². The Morgan fingerprint density at radius 3 is 1.62 bits per heavy atom. The molecule has 8 heavy (non-hydrogen) atoms. The van der Waals surface area contributed by atoms with Crippen LogP contribution in [0.15, 0.2) is 11.1 Å². The summed E-state index contributed by atoms with van der Waals surface area (Å²) in [6.07, 6.45) is 4.83. The highest BCUT2D eigenvalue weighted by Gasteiger charge is 2.16. The van der Waals surface area contributed by atoms with E-state index in [-0.39, 0.29) is 0 Å². The quantitative estimate of drug-likeness (QED) is 0.325. The van der Waals surface area contributed by atoms with E-state index in [0.717, 1.165) is 12.8 Å². The van der Waals surface area contributed by atoms with Crippen LogP contribution in [0.2, 0.25) is 0 Å². The first kappa shape index (κ1) is 4.21. The van der Waals surface area contributed by atoms with Crippen molar-refractivity contribution >= 4 is 0 Å². The Morgan fingerprint density at radius 2 is 1.38 bits per heavy atom. The van der Waals surface area contributed by atoms with Crippen molar-refractivity contribution in [1.29, 1.82) is 0 Å². The van der Waals surface area contributed by atoms with Gasteiger partial charge in [0.05, 0.1) is 0 Å². The lowest BCUT2D eigenvalue weighted by atomic mass is 9.82. The normalized spacial score (nSPS) is 23.0. The van der Waals surface area contributed by atoms with Gasteiger partial charge in [-0.25, -0.2) is 0 Å². The smallest absolute Gasteiger partial charge is 0.0302 e. The van der Waals surface area contributed by atoms with Gasteiger partial charge in [-0.15, -0.1) is 0 Å². The van der Waals surface area contributed by atoms with E-state index < -0.39 is 0 Å². The van der Waals surface area contributed by atoms with E-state index >= 15 is 0 Å². The van der Waals surface area contributed by atoms with Crippen molar-refractivity contribution in [1.82, 2.24) is 0 Å². The molecule has 0 bridgehead atoms. The van der Waals surface area contributed by atoms with E-state index in [1.54, 1.807) is 11.1 Å². The summed E-state index contributed by atoms with van der Waals surface area (Å²) in [6, 6.07) is 0. The molecule has 0 atom stereocenters. The zero-order valence-corrected chi connectivity index (χ0v) is 4.83. The lowest BCUT2D eigenvalue weighted by Gasteiger charge is -2.22. The molecule has 0 fully saturated rings. The third-order valence-electron chi connectivity index (χ3n) is 1.96. The van der Waals surface area contributed by atoms with Gasteiger partial charge < -0.3 is 0 Å². The van der Waals surface area contributed by atoms with Crippen molar-refractivity contribution in [2.75, 3.05) is 0 Å². The highest BCUT2D eigenvalue weighted by Crippen LogP contribution is 2.33. The summed E-state index contributed by atoms with van der Waals surface area (Å²) in [5.41, 5.74) is 3.28. The second-order valence-electron chi connectivity index (χ2n) is 2.41. The maximum Gasteiger partial charge on any atom is 0.0302 e. The summed E-state index contributed by atoms with van der Waals surface area (Å²) in [4.78, 5) is 0. The predicted molar refractivity (Wildman–Crippen MR) is 33.3 cm³/mol. The Bertz CT molecular complexity index is 178. The molecular formula is C8H8. The minimum Gasteiger partial charge on any atom is -0.0985 e. The molecule has 2 aliphatic rings. The molecule has 0 saturated carbocycles. The standard InChI is InChI=1S/C8H8/c1-2-4-8-6-5-7(8)3-1/h3-6H2. The molecule has 0 aromatic carbocycles. The third-order valence-corrected chi connectivity index (χ3v) is 1.96. The molecule has 0 amide bonds. The first-order valence-electron chi connectivity index (χ1n) is 3.12. The van der Waals surface area contributed by atoms with E-state index in [2.05, 4.69) is 11.8 Å². The lowest BCUT2D eigenvalue weighted by molar-refractivity contribution is 0.749. The van der Waals surface area contributed by atoms with E-state index in [1.165, 1.54) is 12.8 Å². The van der Waals surface area contributed by atoms with Crippen LogP contribution in [-0.4, -0.2) is 0 Å². The average Bonchev–Trinajstić information content (AvgIpc) is 1.72. The second-order valence-corrected chi connectivity index (χ2v) is 2.41. The van der Waals surface area contributed by atoms with E-state index in [0.29, 0.717) is 0 Å². The van der Waals surface area contributed by atoms with E-state index in [1.807, 2.05) is 0 Å². The topological polar surface area (TPSA) is 0 Å². The second kappa shape index (κ2) is 1.39. The molecule has 40 valence electrons. The van der Waals surface area contributed by atoms with E-state index in [9.17, 15) is 0 Å². The summed E-state index contributed by atoms with van der Waals surface area (Å²) in [5.74, 6) is 6.22. The number of hydrogen-bond acceptors (Lipinski definition) is 0. The van der Waals surface area contributed by atoms with Crippen molar-refractivity contribution < 1.29 is 0 Å². The molecule has 0 spiro atoms.